The molecule has 2 heterocycles. The largest absolute Gasteiger partial charge is 0.377 e. The average molecular weight is 332 g/mol. The molecule has 2 N–H and O–H groups in total. The second kappa shape index (κ2) is 6.73. The van der Waals surface area contributed by atoms with Crippen molar-refractivity contribution in [3.8, 4) is 0 Å². The summed E-state index contributed by atoms with van der Waals surface area (Å²) in [5.74, 6) is 0.377. The molecule has 9 heteroatoms. The van der Waals surface area contributed by atoms with Gasteiger partial charge in [0.2, 0.25) is 0 Å². The van der Waals surface area contributed by atoms with Gasteiger partial charge in [-0.25, -0.2) is 18.1 Å². The summed E-state index contributed by atoms with van der Waals surface area (Å²) < 4.78 is 34.4. The first kappa shape index (κ1) is 16.2. The highest BCUT2D eigenvalue weighted by Gasteiger charge is 2.25. The van der Waals surface area contributed by atoms with Crippen LogP contribution in [0.1, 0.15) is 20.8 Å². The van der Waals surface area contributed by atoms with Gasteiger partial charge in [-0.15, -0.1) is 11.3 Å². The predicted octanol–water partition coefficient (Wildman–Crippen LogP) is 1.53. The monoisotopic (exact) mass is 332 g/mol. The number of imidazole rings is 1. The minimum Gasteiger partial charge on any atom is -0.377 e. The van der Waals surface area contributed by atoms with Crippen LogP contribution in [0.25, 0.3) is 4.96 Å². The Morgan fingerprint density at radius 1 is 1.48 bits per heavy atom. The molecule has 2 aromatic rings. The van der Waals surface area contributed by atoms with E-state index >= 15 is 0 Å². The lowest BCUT2D eigenvalue weighted by Gasteiger charge is -2.10. The molecule has 2 rings (SSSR count). The maximum atomic E-state index is 12.5. The second-order valence-electron chi connectivity index (χ2n) is 4.67. The Balaban J connectivity index is 2.21. The molecule has 118 valence electrons. The normalized spacial score (nSPS) is 12.4. The van der Waals surface area contributed by atoms with E-state index in [4.69, 9.17) is 4.74 Å². The number of rotatable bonds is 8. The lowest BCUT2D eigenvalue weighted by Crippen LogP contribution is -2.29. The number of nitrogens with one attached hydrogen (secondary N) is 2. The van der Waals surface area contributed by atoms with Crippen LogP contribution in [-0.2, 0) is 14.8 Å². The fourth-order valence-corrected chi connectivity index (χ4v) is 3.88. The van der Waals surface area contributed by atoms with Crippen molar-refractivity contribution in [2.24, 2.45) is 0 Å². The summed E-state index contributed by atoms with van der Waals surface area (Å²) >= 11 is 1.39. The number of hydrogen-bond donors (Lipinski definition) is 2. The van der Waals surface area contributed by atoms with Gasteiger partial charge in [-0.3, -0.25) is 4.40 Å². The fraction of sp³-hybridized carbons (Fsp3) is 0.583. The molecule has 0 unspecified atom stereocenters. The Morgan fingerprint density at radius 3 is 2.90 bits per heavy atom. The number of ether oxygens (including phenoxy) is 1. The van der Waals surface area contributed by atoms with Crippen LogP contribution in [0.15, 0.2) is 16.6 Å². The maximum Gasteiger partial charge on any atom is 0.260 e. The molecule has 21 heavy (non-hydrogen) atoms. The van der Waals surface area contributed by atoms with Gasteiger partial charge in [0, 0.05) is 24.7 Å². The Bertz CT molecular complexity index is 690. The number of nitrogens with zero attached hydrogens (tertiary/aromatic N) is 2. The Kier molecular flexibility index (Phi) is 5.20. The SMILES string of the molecule is CCNc1nc2sccn2c1S(=O)(=O)NCCOC(C)C. The zero-order valence-electron chi connectivity index (χ0n) is 12.3. The molecular formula is C12H20N4O3S2. The van der Waals surface area contributed by atoms with Gasteiger partial charge in [-0.1, -0.05) is 0 Å². The minimum atomic E-state index is -3.65. The lowest BCUT2D eigenvalue weighted by molar-refractivity contribution is 0.0834. The first-order valence-corrected chi connectivity index (χ1v) is 9.12. The number of anilines is 1. The third-order valence-corrected chi connectivity index (χ3v) is 4.90. The summed E-state index contributed by atoms with van der Waals surface area (Å²) in [6.45, 7) is 6.87. The molecule has 0 saturated heterocycles. The first-order chi connectivity index (χ1) is 9.95. The van der Waals surface area contributed by atoms with Gasteiger partial charge in [-0.05, 0) is 20.8 Å². The van der Waals surface area contributed by atoms with Crippen molar-refractivity contribution in [3.63, 3.8) is 0 Å². The quantitative estimate of drug-likeness (QED) is 0.716. The molecule has 0 aliphatic rings. The molecule has 0 saturated carbocycles. The molecular weight excluding hydrogens is 312 g/mol. The highest BCUT2D eigenvalue weighted by Crippen LogP contribution is 2.25. The Labute approximate surface area is 128 Å². The number of aromatic nitrogens is 2. The van der Waals surface area contributed by atoms with E-state index in [1.807, 2.05) is 20.8 Å². The van der Waals surface area contributed by atoms with E-state index in [1.165, 1.54) is 11.3 Å². The van der Waals surface area contributed by atoms with Crippen molar-refractivity contribution in [2.45, 2.75) is 31.9 Å². The molecule has 0 aromatic carbocycles. The fourth-order valence-electron chi connectivity index (χ4n) is 1.84. The summed E-state index contributed by atoms with van der Waals surface area (Å²) in [6.07, 6.45) is 1.78. The number of fused-ring (bicyclic) bond motifs is 1. The molecule has 0 atom stereocenters. The van der Waals surface area contributed by atoms with Gasteiger partial charge >= 0.3 is 0 Å². The summed E-state index contributed by atoms with van der Waals surface area (Å²) in [5.41, 5.74) is 0. The van der Waals surface area contributed by atoms with Crippen LogP contribution in [0.3, 0.4) is 0 Å². The number of sulfonamides is 1. The summed E-state index contributed by atoms with van der Waals surface area (Å²) in [6, 6.07) is 0. The lowest BCUT2D eigenvalue weighted by atomic mass is 10.5. The van der Waals surface area contributed by atoms with Gasteiger partial charge in [-0.2, -0.15) is 0 Å². The molecule has 0 aliphatic heterocycles. The summed E-state index contributed by atoms with van der Waals surface area (Å²) in [5, 5.41) is 4.94. The van der Waals surface area contributed by atoms with Crippen LogP contribution >= 0.6 is 11.3 Å². The van der Waals surface area contributed by atoms with Crippen molar-refractivity contribution in [1.82, 2.24) is 14.1 Å². The van der Waals surface area contributed by atoms with E-state index in [0.29, 0.717) is 23.9 Å². The van der Waals surface area contributed by atoms with Gasteiger partial charge < -0.3 is 10.1 Å². The van der Waals surface area contributed by atoms with Crippen molar-refractivity contribution < 1.29 is 13.2 Å². The van der Waals surface area contributed by atoms with E-state index in [2.05, 4.69) is 15.0 Å². The van der Waals surface area contributed by atoms with Crippen molar-refractivity contribution in [1.29, 1.82) is 0 Å². The van der Waals surface area contributed by atoms with Crippen LogP contribution in [0.4, 0.5) is 5.82 Å². The standard InChI is InChI=1S/C12H20N4O3S2/c1-4-13-10-11(16-6-8-20-12(16)15-10)21(17,18)14-5-7-19-9(2)3/h6,8-9,13-14H,4-5,7H2,1-3H3. The van der Waals surface area contributed by atoms with Crippen molar-refractivity contribution >= 4 is 32.1 Å². The molecule has 0 spiro atoms. The highest BCUT2D eigenvalue weighted by molar-refractivity contribution is 7.89. The predicted molar refractivity (Wildman–Crippen MR) is 83.5 cm³/mol. The Hall–Kier alpha value is -1.16. The van der Waals surface area contributed by atoms with Crippen LogP contribution in [-0.4, -0.2) is 43.6 Å². The topological polar surface area (TPSA) is 84.7 Å². The van der Waals surface area contributed by atoms with Gasteiger partial charge in [0.15, 0.2) is 15.8 Å². The zero-order chi connectivity index (χ0) is 15.5. The van der Waals surface area contributed by atoms with Crippen molar-refractivity contribution in [3.05, 3.63) is 11.6 Å². The zero-order valence-corrected chi connectivity index (χ0v) is 13.9. The van der Waals surface area contributed by atoms with E-state index in [1.54, 1.807) is 16.0 Å². The molecule has 7 nitrogen and oxygen atoms in total. The molecule has 0 aliphatic carbocycles. The Morgan fingerprint density at radius 2 is 2.24 bits per heavy atom. The molecule has 0 fully saturated rings. The van der Waals surface area contributed by atoms with E-state index in [-0.39, 0.29) is 17.7 Å². The second-order valence-corrected chi connectivity index (χ2v) is 7.22. The highest BCUT2D eigenvalue weighted by atomic mass is 32.2. The maximum absolute atomic E-state index is 12.5. The third kappa shape index (κ3) is 3.73. The van der Waals surface area contributed by atoms with Gasteiger partial charge in [0.1, 0.15) is 0 Å². The third-order valence-electron chi connectivity index (χ3n) is 2.66. The number of thiazole rings is 1. The summed E-state index contributed by atoms with van der Waals surface area (Å²) in [4.78, 5) is 4.95. The smallest absolute Gasteiger partial charge is 0.260 e. The molecule has 0 radical (unpaired) electrons. The number of hydrogen-bond acceptors (Lipinski definition) is 6. The molecule has 0 amide bonds. The molecule has 0 bridgehead atoms. The van der Waals surface area contributed by atoms with Gasteiger partial charge in [0.25, 0.3) is 10.0 Å². The van der Waals surface area contributed by atoms with Crippen LogP contribution in [0.5, 0.6) is 0 Å². The van der Waals surface area contributed by atoms with E-state index in [9.17, 15) is 8.42 Å². The minimum absolute atomic E-state index is 0.0744. The van der Waals surface area contributed by atoms with Crippen LogP contribution in [0, 0.1) is 0 Å². The molecule has 2 aromatic heterocycles. The van der Waals surface area contributed by atoms with Crippen LogP contribution in [0.2, 0.25) is 0 Å². The summed E-state index contributed by atoms with van der Waals surface area (Å²) in [7, 11) is -3.65. The van der Waals surface area contributed by atoms with Crippen LogP contribution < -0.4 is 10.0 Å². The van der Waals surface area contributed by atoms with E-state index < -0.39 is 10.0 Å². The van der Waals surface area contributed by atoms with Gasteiger partial charge in [0.05, 0.1) is 12.7 Å². The first-order valence-electron chi connectivity index (χ1n) is 6.76. The van der Waals surface area contributed by atoms with Crippen molar-refractivity contribution in [2.75, 3.05) is 25.0 Å². The average Bonchev–Trinajstić information content (AvgIpc) is 2.94. The van der Waals surface area contributed by atoms with E-state index in [0.717, 1.165) is 0 Å².